The topological polar surface area (TPSA) is 26.0 Å². The summed E-state index contributed by atoms with van der Waals surface area (Å²) in [7, 11) is -0.936. The SMILES string of the molecule is CCCCCCCCCCC(N)C[Si](C)(C)C. The molecule has 1 nitrogen and oxygen atoms in total. The van der Waals surface area contributed by atoms with Crippen molar-refractivity contribution in [2.75, 3.05) is 0 Å². The number of nitrogens with two attached hydrogens (primary N) is 1. The summed E-state index contributed by atoms with van der Waals surface area (Å²) in [5, 5.41) is 0. The summed E-state index contributed by atoms with van der Waals surface area (Å²) < 4.78 is 0. The molecule has 0 aromatic rings. The van der Waals surface area contributed by atoms with Crippen LogP contribution in [0.15, 0.2) is 0 Å². The largest absolute Gasteiger partial charge is 0.328 e. The Balaban J connectivity index is 3.22. The lowest BCUT2D eigenvalue weighted by atomic mass is 10.1. The van der Waals surface area contributed by atoms with E-state index in [0.29, 0.717) is 6.04 Å². The van der Waals surface area contributed by atoms with Crippen molar-refractivity contribution in [3.63, 3.8) is 0 Å². The van der Waals surface area contributed by atoms with E-state index < -0.39 is 8.07 Å². The lowest BCUT2D eigenvalue weighted by Crippen LogP contribution is -2.32. The minimum absolute atomic E-state index is 0.474. The molecule has 2 N–H and O–H groups in total. The summed E-state index contributed by atoms with van der Waals surface area (Å²) in [6, 6.07) is 1.77. The predicted octanol–water partition coefficient (Wildman–Crippen LogP) is 5.18. The van der Waals surface area contributed by atoms with Crippen LogP contribution in [-0.2, 0) is 0 Å². The fourth-order valence-corrected chi connectivity index (χ4v) is 4.21. The first-order valence-corrected chi connectivity index (χ1v) is 11.4. The van der Waals surface area contributed by atoms with Crippen molar-refractivity contribution in [1.82, 2.24) is 0 Å². The standard InChI is InChI=1S/C15H35NSi/c1-5-6-7-8-9-10-11-12-13-15(16)14-17(2,3)4/h15H,5-14,16H2,1-4H3. The van der Waals surface area contributed by atoms with Gasteiger partial charge in [-0.3, -0.25) is 0 Å². The highest BCUT2D eigenvalue weighted by atomic mass is 28.3. The molecule has 0 aliphatic carbocycles. The lowest BCUT2D eigenvalue weighted by Gasteiger charge is -2.21. The Hall–Kier alpha value is 0.177. The Morgan fingerprint density at radius 3 is 1.76 bits per heavy atom. The first-order chi connectivity index (χ1) is 7.95. The number of unbranched alkanes of at least 4 members (excludes halogenated alkanes) is 7. The van der Waals surface area contributed by atoms with Crippen LogP contribution in [0.1, 0.15) is 64.7 Å². The van der Waals surface area contributed by atoms with Gasteiger partial charge in [-0.15, -0.1) is 0 Å². The molecule has 0 aromatic heterocycles. The average Bonchev–Trinajstić information content (AvgIpc) is 2.19. The van der Waals surface area contributed by atoms with E-state index in [1.165, 1.54) is 63.8 Å². The molecule has 0 fully saturated rings. The molecule has 0 aliphatic rings. The first kappa shape index (κ1) is 17.2. The highest BCUT2D eigenvalue weighted by Crippen LogP contribution is 2.15. The van der Waals surface area contributed by atoms with Crippen LogP contribution in [0.4, 0.5) is 0 Å². The molecule has 104 valence electrons. The van der Waals surface area contributed by atoms with Crippen molar-refractivity contribution in [2.24, 2.45) is 5.73 Å². The van der Waals surface area contributed by atoms with Crippen molar-refractivity contribution < 1.29 is 0 Å². The molecule has 0 amide bonds. The molecule has 17 heavy (non-hydrogen) atoms. The van der Waals surface area contributed by atoms with E-state index in [9.17, 15) is 0 Å². The second kappa shape index (κ2) is 10.1. The number of hydrogen-bond donors (Lipinski definition) is 1. The van der Waals surface area contributed by atoms with Crippen molar-refractivity contribution in [3.05, 3.63) is 0 Å². The number of hydrogen-bond acceptors (Lipinski definition) is 1. The molecular weight excluding hydrogens is 222 g/mol. The maximum Gasteiger partial charge on any atom is 0.0457 e. The van der Waals surface area contributed by atoms with Crippen LogP contribution in [0.25, 0.3) is 0 Å². The third-order valence-electron chi connectivity index (χ3n) is 3.30. The molecule has 0 saturated heterocycles. The van der Waals surface area contributed by atoms with Crippen LogP contribution in [0.2, 0.25) is 25.7 Å². The lowest BCUT2D eigenvalue weighted by molar-refractivity contribution is 0.539. The zero-order valence-electron chi connectivity index (χ0n) is 12.7. The van der Waals surface area contributed by atoms with Gasteiger partial charge in [0.05, 0.1) is 0 Å². The van der Waals surface area contributed by atoms with Gasteiger partial charge in [-0.2, -0.15) is 0 Å². The van der Waals surface area contributed by atoms with Crippen molar-refractivity contribution in [3.8, 4) is 0 Å². The van der Waals surface area contributed by atoms with E-state index in [-0.39, 0.29) is 0 Å². The molecular formula is C15H35NSi. The predicted molar refractivity (Wildman–Crippen MR) is 83.4 cm³/mol. The average molecular weight is 258 g/mol. The first-order valence-electron chi connectivity index (χ1n) is 7.71. The molecule has 0 heterocycles. The molecule has 0 spiro atoms. The molecule has 0 aromatic carbocycles. The number of rotatable bonds is 11. The highest BCUT2D eigenvalue weighted by Gasteiger charge is 2.16. The van der Waals surface area contributed by atoms with Crippen LogP contribution in [0.3, 0.4) is 0 Å². The molecule has 2 heteroatoms. The second-order valence-corrected chi connectivity index (χ2v) is 12.3. The molecule has 0 saturated carbocycles. The van der Waals surface area contributed by atoms with Crippen LogP contribution in [-0.4, -0.2) is 14.1 Å². The van der Waals surface area contributed by atoms with E-state index in [1.807, 2.05) is 0 Å². The second-order valence-electron chi connectivity index (χ2n) is 6.79. The fourth-order valence-electron chi connectivity index (χ4n) is 2.43. The summed E-state index contributed by atoms with van der Waals surface area (Å²) in [6.07, 6.45) is 12.5. The van der Waals surface area contributed by atoms with Gasteiger partial charge >= 0.3 is 0 Å². The maximum absolute atomic E-state index is 6.18. The zero-order chi connectivity index (χ0) is 13.1. The van der Waals surface area contributed by atoms with Crippen LogP contribution >= 0.6 is 0 Å². The van der Waals surface area contributed by atoms with E-state index in [2.05, 4.69) is 26.6 Å². The van der Waals surface area contributed by atoms with Gasteiger partial charge < -0.3 is 5.73 Å². The Bertz CT molecular complexity index is 163. The Morgan fingerprint density at radius 1 is 0.824 bits per heavy atom. The summed E-state index contributed by atoms with van der Waals surface area (Å²) in [5.74, 6) is 0. The van der Waals surface area contributed by atoms with Gasteiger partial charge in [0, 0.05) is 14.1 Å². The third-order valence-corrected chi connectivity index (χ3v) is 5.05. The van der Waals surface area contributed by atoms with Gasteiger partial charge in [-0.1, -0.05) is 77.9 Å². The molecule has 0 aliphatic heterocycles. The summed E-state index contributed by atoms with van der Waals surface area (Å²) in [5.41, 5.74) is 6.18. The van der Waals surface area contributed by atoms with Crippen LogP contribution in [0, 0.1) is 0 Å². The fraction of sp³-hybridized carbons (Fsp3) is 1.00. The van der Waals surface area contributed by atoms with Crippen LogP contribution in [0.5, 0.6) is 0 Å². The minimum Gasteiger partial charge on any atom is -0.328 e. The normalized spacial score (nSPS) is 13.9. The van der Waals surface area contributed by atoms with Crippen LogP contribution < -0.4 is 5.73 Å². The molecule has 0 rings (SSSR count). The molecule has 1 unspecified atom stereocenters. The Kier molecular flexibility index (Phi) is 10.2. The van der Waals surface area contributed by atoms with Crippen molar-refractivity contribution >= 4 is 8.07 Å². The monoisotopic (exact) mass is 257 g/mol. The zero-order valence-corrected chi connectivity index (χ0v) is 13.7. The minimum atomic E-state index is -0.936. The molecule has 0 radical (unpaired) electrons. The molecule has 1 atom stereocenters. The van der Waals surface area contributed by atoms with Crippen molar-refractivity contribution in [2.45, 2.75) is 96.4 Å². The van der Waals surface area contributed by atoms with Gasteiger partial charge in [0.15, 0.2) is 0 Å². The van der Waals surface area contributed by atoms with Gasteiger partial charge in [-0.05, 0) is 12.5 Å². The van der Waals surface area contributed by atoms with Gasteiger partial charge in [0.2, 0.25) is 0 Å². The Labute approximate surface area is 111 Å². The summed E-state index contributed by atoms with van der Waals surface area (Å²) in [4.78, 5) is 0. The van der Waals surface area contributed by atoms with Gasteiger partial charge in [0.25, 0.3) is 0 Å². The quantitative estimate of drug-likeness (QED) is 0.400. The van der Waals surface area contributed by atoms with E-state index >= 15 is 0 Å². The summed E-state index contributed by atoms with van der Waals surface area (Å²) in [6.45, 7) is 9.53. The van der Waals surface area contributed by atoms with Gasteiger partial charge in [-0.25, -0.2) is 0 Å². The van der Waals surface area contributed by atoms with Gasteiger partial charge in [0.1, 0.15) is 0 Å². The van der Waals surface area contributed by atoms with E-state index in [0.717, 1.165) is 0 Å². The molecule has 0 bridgehead atoms. The highest BCUT2D eigenvalue weighted by molar-refractivity contribution is 6.76. The maximum atomic E-state index is 6.18. The van der Waals surface area contributed by atoms with E-state index in [4.69, 9.17) is 5.73 Å². The van der Waals surface area contributed by atoms with E-state index in [1.54, 1.807) is 0 Å². The Morgan fingerprint density at radius 2 is 1.29 bits per heavy atom. The smallest absolute Gasteiger partial charge is 0.0457 e. The third kappa shape index (κ3) is 14.1. The van der Waals surface area contributed by atoms with Crippen molar-refractivity contribution in [1.29, 1.82) is 0 Å². The summed E-state index contributed by atoms with van der Waals surface area (Å²) >= 11 is 0.